The Hall–Kier alpha value is -1.90. The summed E-state index contributed by atoms with van der Waals surface area (Å²) in [5, 5.41) is 8.91. The molecule has 0 fully saturated rings. The molecule has 1 aromatic heterocycles. The first-order valence-corrected chi connectivity index (χ1v) is 4.13. The summed E-state index contributed by atoms with van der Waals surface area (Å²) in [6.45, 7) is 7.07. The van der Waals surface area contributed by atoms with E-state index in [0.717, 1.165) is 0 Å². The molecule has 0 aromatic carbocycles. The maximum absolute atomic E-state index is 10.9. The number of carbonyl (C=O) groups is 1. The SMILES string of the molecule is C=Cc1ncccc1C(C=C)C(=O)O. The van der Waals surface area contributed by atoms with Crippen LogP contribution in [0.2, 0.25) is 0 Å². The first-order valence-electron chi connectivity index (χ1n) is 4.13. The van der Waals surface area contributed by atoms with E-state index in [1.165, 1.54) is 12.2 Å². The quantitative estimate of drug-likeness (QED) is 0.738. The first kappa shape index (κ1) is 10.2. The van der Waals surface area contributed by atoms with Crippen LogP contribution in [-0.4, -0.2) is 16.1 Å². The number of hydrogen-bond acceptors (Lipinski definition) is 2. The van der Waals surface area contributed by atoms with Gasteiger partial charge in [-0.05, 0) is 17.7 Å². The van der Waals surface area contributed by atoms with Crippen molar-refractivity contribution in [3.63, 3.8) is 0 Å². The molecule has 72 valence electrons. The second-order valence-electron chi connectivity index (χ2n) is 2.73. The van der Waals surface area contributed by atoms with E-state index in [1.54, 1.807) is 18.3 Å². The van der Waals surface area contributed by atoms with Crippen molar-refractivity contribution in [2.45, 2.75) is 5.92 Å². The van der Waals surface area contributed by atoms with Crippen LogP contribution in [0.15, 0.2) is 37.6 Å². The summed E-state index contributed by atoms with van der Waals surface area (Å²) < 4.78 is 0. The highest BCUT2D eigenvalue weighted by atomic mass is 16.4. The summed E-state index contributed by atoms with van der Waals surface area (Å²) in [4.78, 5) is 14.9. The Bertz CT molecular complexity index is 371. The van der Waals surface area contributed by atoms with Gasteiger partial charge in [-0.2, -0.15) is 0 Å². The van der Waals surface area contributed by atoms with Gasteiger partial charge in [-0.15, -0.1) is 6.58 Å². The van der Waals surface area contributed by atoms with Crippen LogP contribution < -0.4 is 0 Å². The molecule has 0 bridgehead atoms. The van der Waals surface area contributed by atoms with Crippen LogP contribution in [0.3, 0.4) is 0 Å². The molecule has 1 atom stereocenters. The van der Waals surface area contributed by atoms with Gasteiger partial charge in [-0.25, -0.2) is 0 Å². The van der Waals surface area contributed by atoms with Crippen LogP contribution in [0.1, 0.15) is 17.2 Å². The van der Waals surface area contributed by atoms with Crippen molar-refractivity contribution < 1.29 is 9.90 Å². The van der Waals surface area contributed by atoms with E-state index in [-0.39, 0.29) is 0 Å². The zero-order chi connectivity index (χ0) is 10.6. The van der Waals surface area contributed by atoms with Crippen molar-refractivity contribution in [1.29, 1.82) is 0 Å². The van der Waals surface area contributed by atoms with Crippen molar-refractivity contribution in [1.82, 2.24) is 4.98 Å². The minimum Gasteiger partial charge on any atom is -0.481 e. The van der Waals surface area contributed by atoms with Gasteiger partial charge in [-0.3, -0.25) is 9.78 Å². The van der Waals surface area contributed by atoms with Gasteiger partial charge in [0.2, 0.25) is 0 Å². The van der Waals surface area contributed by atoms with Gasteiger partial charge in [0.15, 0.2) is 0 Å². The highest BCUT2D eigenvalue weighted by molar-refractivity contribution is 5.79. The summed E-state index contributed by atoms with van der Waals surface area (Å²) in [6, 6.07) is 3.41. The largest absolute Gasteiger partial charge is 0.481 e. The van der Waals surface area contributed by atoms with Gasteiger partial charge < -0.3 is 5.11 Å². The van der Waals surface area contributed by atoms with E-state index in [0.29, 0.717) is 11.3 Å². The molecule has 0 aliphatic carbocycles. The molecule has 1 unspecified atom stereocenters. The van der Waals surface area contributed by atoms with Crippen LogP contribution in [0.5, 0.6) is 0 Å². The lowest BCUT2D eigenvalue weighted by atomic mass is 9.98. The van der Waals surface area contributed by atoms with Gasteiger partial charge in [0.25, 0.3) is 0 Å². The topological polar surface area (TPSA) is 50.2 Å². The van der Waals surface area contributed by atoms with Gasteiger partial charge >= 0.3 is 5.97 Å². The predicted octanol–water partition coefficient (Wildman–Crippen LogP) is 2.08. The van der Waals surface area contributed by atoms with E-state index < -0.39 is 11.9 Å². The molecular weight excluding hydrogens is 178 g/mol. The fourth-order valence-electron chi connectivity index (χ4n) is 1.22. The number of rotatable bonds is 4. The molecule has 14 heavy (non-hydrogen) atoms. The maximum Gasteiger partial charge on any atom is 0.314 e. The number of aliphatic carboxylic acids is 1. The van der Waals surface area contributed by atoms with E-state index in [2.05, 4.69) is 18.1 Å². The number of pyridine rings is 1. The zero-order valence-electron chi connectivity index (χ0n) is 7.68. The molecule has 0 aliphatic heterocycles. The standard InChI is InChI=1S/C11H11NO2/c1-3-8(11(13)14)9-6-5-7-12-10(9)4-2/h3-8H,1-2H2,(H,13,14). The van der Waals surface area contributed by atoms with Crippen molar-refractivity contribution >= 4 is 12.0 Å². The van der Waals surface area contributed by atoms with Crippen molar-refractivity contribution in [3.8, 4) is 0 Å². The van der Waals surface area contributed by atoms with Gasteiger partial charge in [-0.1, -0.05) is 18.7 Å². The van der Waals surface area contributed by atoms with E-state index >= 15 is 0 Å². The Morgan fingerprint density at radius 1 is 1.57 bits per heavy atom. The minimum absolute atomic E-state index is 0.583. The first-order chi connectivity index (χ1) is 6.70. The number of nitrogens with zero attached hydrogens (tertiary/aromatic N) is 1. The molecule has 1 aromatic rings. The Morgan fingerprint density at radius 2 is 2.29 bits per heavy atom. The molecule has 0 saturated heterocycles. The molecule has 3 heteroatoms. The second-order valence-corrected chi connectivity index (χ2v) is 2.73. The zero-order valence-corrected chi connectivity index (χ0v) is 7.68. The Balaban J connectivity index is 3.21. The summed E-state index contributed by atoms with van der Waals surface area (Å²) in [6.07, 6.45) is 4.52. The summed E-state index contributed by atoms with van der Waals surface area (Å²) >= 11 is 0. The lowest BCUT2D eigenvalue weighted by Gasteiger charge is -2.09. The number of carboxylic acid groups (broad SMARTS) is 1. The Morgan fingerprint density at radius 3 is 2.79 bits per heavy atom. The summed E-state index contributed by atoms with van der Waals surface area (Å²) in [5.41, 5.74) is 1.20. The summed E-state index contributed by atoms with van der Waals surface area (Å²) in [7, 11) is 0. The number of hydrogen-bond donors (Lipinski definition) is 1. The van der Waals surface area contributed by atoms with Crippen molar-refractivity contribution in [2.75, 3.05) is 0 Å². The van der Waals surface area contributed by atoms with Crippen molar-refractivity contribution in [2.24, 2.45) is 0 Å². The van der Waals surface area contributed by atoms with Crippen LogP contribution >= 0.6 is 0 Å². The average molecular weight is 189 g/mol. The monoisotopic (exact) mass is 189 g/mol. The molecule has 0 amide bonds. The lowest BCUT2D eigenvalue weighted by molar-refractivity contribution is -0.137. The molecule has 0 saturated carbocycles. The predicted molar refractivity (Wildman–Crippen MR) is 54.9 cm³/mol. The van der Waals surface area contributed by atoms with E-state index in [1.807, 2.05) is 0 Å². The Labute approximate surface area is 82.4 Å². The smallest absolute Gasteiger partial charge is 0.314 e. The fraction of sp³-hybridized carbons (Fsp3) is 0.0909. The van der Waals surface area contributed by atoms with E-state index in [4.69, 9.17) is 5.11 Å². The molecule has 1 rings (SSSR count). The van der Waals surface area contributed by atoms with Crippen molar-refractivity contribution in [3.05, 3.63) is 48.8 Å². The summed E-state index contributed by atoms with van der Waals surface area (Å²) in [5.74, 6) is -1.66. The fourth-order valence-corrected chi connectivity index (χ4v) is 1.22. The van der Waals surface area contributed by atoms with Gasteiger partial charge in [0, 0.05) is 6.20 Å². The van der Waals surface area contributed by atoms with Crippen LogP contribution in [0.4, 0.5) is 0 Å². The maximum atomic E-state index is 10.9. The Kier molecular flexibility index (Phi) is 3.18. The number of carboxylic acids is 1. The molecule has 1 heterocycles. The highest BCUT2D eigenvalue weighted by Crippen LogP contribution is 2.20. The number of aromatic nitrogens is 1. The van der Waals surface area contributed by atoms with Crippen LogP contribution in [0, 0.1) is 0 Å². The van der Waals surface area contributed by atoms with Crippen LogP contribution in [-0.2, 0) is 4.79 Å². The third-order valence-electron chi connectivity index (χ3n) is 1.90. The van der Waals surface area contributed by atoms with Gasteiger partial charge in [0.1, 0.15) is 5.92 Å². The van der Waals surface area contributed by atoms with Gasteiger partial charge in [0.05, 0.1) is 5.69 Å². The lowest BCUT2D eigenvalue weighted by Crippen LogP contribution is -2.10. The highest BCUT2D eigenvalue weighted by Gasteiger charge is 2.18. The molecule has 0 radical (unpaired) electrons. The minimum atomic E-state index is -0.934. The molecule has 0 spiro atoms. The van der Waals surface area contributed by atoms with Crippen LogP contribution in [0.25, 0.3) is 6.08 Å². The van der Waals surface area contributed by atoms with E-state index in [9.17, 15) is 4.79 Å². The average Bonchev–Trinajstić information content (AvgIpc) is 2.19. The normalized spacial score (nSPS) is 11.7. The molecule has 1 N–H and O–H groups in total. The molecule has 0 aliphatic rings. The second kappa shape index (κ2) is 4.37. The third-order valence-corrected chi connectivity index (χ3v) is 1.90. The molecule has 3 nitrogen and oxygen atoms in total. The molecular formula is C11H11NO2. The third kappa shape index (κ3) is 1.88.